The van der Waals surface area contributed by atoms with Crippen LogP contribution in [0.3, 0.4) is 0 Å². The molecule has 0 heterocycles. The van der Waals surface area contributed by atoms with E-state index in [2.05, 4.69) is 0 Å². The molecule has 0 unspecified atom stereocenters. The van der Waals surface area contributed by atoms with E-state index in [-0.39, 0.29) is 30.8 Å². The second kappa shape index (κ2) is 10.1. The van der Waals surface area contributed by atoms with Crippen LogP contribution in [-0.4, -0.2) is 52.1 Å². The van der Waals surface area contributed by atoms with Gasteiger partial charge in [-0.05, 0) is 83.1 Å². The highest BCUT2D eigenvalue weighted by atomic mass is 16.6. The number of nitrogens with zero attached hydrogens (tertiary/aromatic N) is 1. The van der Waals surface area contributed by atoms with Gasteiger partial charge in [-0.3, -0.25) is 4.90 Å². The van der Waals surface area contributed by atoms with Crippen LogP contribution < -0.4 is 9.47 Å². The summed E-state index contributed by atoms with van der Waals surface area (Å²) in [5.74, 6) is 1.52. The molecule has 0 bridgehead atoms. The van der Waals surface area contributed by atoms with E-state index in [4.69, 9.17) is 14.2 Å². The van der Waals surface area contributed by atoms with E-state index in [0.717, 1.165) is 0 Å². The molecule has 30 heavy (non-hydrogen) atoms. The lowest BCUT2D eigenvalue weighted by Crippen LogP contribution is -2.53. The van der Waals surface area contributed by atoms with Gasteiger partial charge in [-0.25, -0.2) is 4.79 Å². The lowest BCUT2D eigenvalue weighted by Gasteiger charge is -2.39. The molecule has 164 valence electrons. The Hall–Kier alpha value is -3.09. The molecule has 2 rings (SSSR count). The molecule has 2 atom stereocenters. The summed E-state index contributed by atoms with van der Waals surface area (Å²) in [6, 6.07) is 12.5. The molecule has 2 N–H and O–H groups in total. The molecule has 1 amide bonds. The number of hydrogen-bond acceptors (Lipinski definition) is 6. The fraction of sp³-hybridized carbons (Fsp3) is 0.435. The van der Waals surface area contributed by atoms with Crippen LogP contribution in [0.2, 0.25) is 0 Å². The van der Waals surface area contributed by atoms with Gasteiger partial charge in [0, 0.05) is 5.54 Å². The Balaban J connectivity index is 1.92. The molecule has 0 aromatic heterocycles. The highest BCUT2D eigenvalue weighted by Gasteiger charge is 2.33. The number of carbonyl (C=O) groups excluding carboxylic acids is 1. The van der Waals surface area contributed by atoms with Crippen molar-refractivity contribution in [2.45, 2.75) is 52.3 Å². The monoisotopic (exact) mass is 417 g/mol. The number of ether oxygens (including phenoxy) is 3. The van der Waals surface area contributed by atoms with Gasteiger partial charge in [-0.15, -0.1) is 0 Å². The van der Waals surface area contributed by atoms with Gasteiger partial charge >= 0.3 is 6.09 Å². The topological polar surface area (TPSA) is 88.5 Å². The summed E-state index contributed by atoms with van der Waals surface area (Å²) in [6.45, 7) is 9.92. The van der Waals surface area contributed by atoms with Gasteiger partial charge in [0.25, 0.3) is 0 Å². The Morgan fingerprint density at radius 3 is 1.73 bits per heavy atom. The fourth-order valence-electron chi connectivity index (χ4n) is 2.97. The number of phenolic OH excluding ortho intramolecular Hbond substituents is 2. The molecule has 0 fully saturated rings. The van der Waals surface area contributed by atoms with Crippen molar-refractivity contribution in [3.05, 3.63) is 48.5 Å². The van der Waals surface area contributed by atoms with Crippen molar-refractivity contribution in [2.24, 2.45) is 0 Å². The van der Waals surface area contributed by atoms with Gasteiger partial charge in [0.15, 0.2) is 0 Å². The Morgan fingerprint density at radius 2 is 1.30 bits per heavy atom. The molecule has 2 aromatic rings. The van der Waals surface area contributed by atoms with E-state index in [0.29, 0.717) is 11.5 Å². The highest BCUT2D eigenvalue weighted by molar-refractivity contribution is 5.69. The van der Waals surface area contributed by atoms with Gasteiger partial charge in [0.05, 0.1) is 6.04 Å². The summed E-state index contributed by atoms with van der Waals surface area (Å²) in [6.07, 6.45) is -0.924. The van der Waals surface area contributed by atoms with Gasteiger partial charge in [-0.1, -0.05) is 0 Å². The number of carbonyl (C=O) groups is 1. The average molecular weight is 418 g/mol. The second-order valence-corrected chi connectivity index (χ2v) is 8.19. The number of phenols is 2. The number of benzene rings is 2. The van der Waals surface area contributed by atoms with Gasteiger partial charge in [-0.2, -0.15) is 0 Å². The van der Waals surface area contributed by atoms with Crippen LogP contribution in [0.1, 0.15) is 34.6 Å². The van der Waals surface area contributed by atoms with Crippen LogP contribution in [0.25, 0.3) is 0 Å². The molecular weight excluding hydrogens is 386 g/mol. The summed E-state index contributed by atoms with van der Waals surface area (Å²) >= 11 is 0. The Bertz CT molecular complexity index is 798. The van der Waals surface area contributed by atoms with Crippen molar-refractivity contribution >= 4 is 6.09 Å². The van der Waals surface area contributed by atoms with E-state index in [1.807, 2.05) is 27.7 Å². The fourth-order valence-corrected chi connectivity index (χ4v) is 2.97. The largest absolute Gasteiger partial charge is 0.508 e. The molecule has 0 aliphatic carbocycles. The standard InChI is InChI=1S/C23H31NO6/c1-16(14-28-20-10-6-18(25)7-11-20)24(23(3,4)5)22(27)30-17(2)15-29-21-12-8-19(26)9-13-21/h6-13,16-17,25-26H,14-15H2,1-5H3/t16-,17-/m0/s1. The minimum atomic E-state index is -0.480. The molecule has 7 heteroatoms. The first-order valence-electron chi connectivity index (χ1n) is 9.90. The third kappa shape index (κ3) is 7.06. The van der Waals surface area contributed by atoms with E-state index in [1.54, 1.807) is 48.2 Å². The number of amides is 1. The van der Waals surface area contributed by atoms with Crippen molar-refractivity contribution in [3.8, 4) is 23.0 Å². The van der Waals surface area contributed by atoms with Gasteiger partial charge in [0.2, 0.25) is 0 Å². The van der Waals surface area contributed by atoms with Crippen LogP contribution in [0.5, 0.6) is 23.0 Å². The van der Waals surface area contributed by atoms with Crippen molar-refractivity contribution in [3.63, 3.8) is 0 Å². The molecule has 0 saturated carbocycles. The van der Waals surface area contributed by atoms with Crippen LogP contribution in [-0.2, 0) is 4.74 Å². The first-order valence-corrected chi connectivity index (χ1v) is 9.90. The Morgan fingerprint density at radius 1 is 0.867 bits per heavy atom. The van der Waals surface area contributed by atoms with Gasteiger partial charge < -0.3 is 24.4 Å². The lowest BCUT2D eigenvalue weighted by molar-refractivity contribution is 0.00598. The van der Waals surface area contributed by atoms with Crippen LogP contribution >= 0.6 is 0 Å². The average Bonchev–Trinajstić information content (AvgIpc) is 2.66. The predicted molar refractivity (Wildman–Crippen MR) is 114 cm³/mol. The maximum atomic E-state index is 12.9. The molecule has 0 radical (unpaired) electrons. The summed E-state index contributed by atoms with van der Waals surface area (Å²) in [5, 5.41) is 18.7. The van der Waals surface area contributed by atoms with Crippen molar-refractivity contribution < 1.29 is 29.2 Å². The van der Waals surface area contributed by atoms with E-state index < -0.39 is 17.7 Å². The molecule has 7 nitrogen and oxygen atoms in total. The zero-order valence-electron chi connectivity index (χ0n) is 18.2. The summed E-state index contributed by atoms with van der Waals surface area (Å²) in [5.41, 5.74) is -0.480. The molecule has 0 saturated heterocycles. The first-order chi connectivity index (χ1) is 14.1. The lowest BCUT2D eigenvalue weighted by atomic mass is 10.0. The maximum Gasteiger partial charge on any atom is 0.410 e. The van der Waals surface area contributed by atoms with Crippen LogP contribution in [0.15, 0.2) is 48.5 Å². The van der Waals surface area contributed by atoms with Crippen molar-refractivity contribution in [2.75, 3.05) is 13.2 Å². The van der Waals surface area contributed by atoms with Gasteiger partial charge in [0.1, 0.15) is 42.3 Å². The number of aromatic hydroxyl groups is 2. The minimum absolute atomic E-state index is 0.158. The molecule has 2 aromatic carbocycles. The van der Waals surface area contributed by atoms with E-state index >= 15 is 0 Å². The SMILES string of the molecule is C[C@@H](COc1ccc(O)cc1)OC(=O)N([C@@H](C)COc1ccc(O)cc1)C(C)(C)C. The summed E-state index contributed by atoms with van der Waals surface area (Å²) in [7, 11) is 0. The zero-order valence-corrected chi connectivity index (χ0v) is 18.2. The summed E-state index contributed by atoms with van der Waals surface area (Å²) in [4.78, 5) is 14.5. The maximum absolute atomic E-state index is 12.9. The third-order valence-corrected chi connectivity index (χ3v) is 4.31. The normalized spacial score (nSPS) is 13.2. The second-order valence-electron chi connectivity index (χ2n) is 8.19. The molecule has 0 aliphatic heterocycles. The quantitative estimate of drug-likeness (QED) is 0.654. The highest BCUT2D eigenvalue weighted by Crippen LogP contribution is 2.22. The Labute approximate surface area is 177 Å². The molecule has 0 spiro atoms. The van der Waals surface area contributed by atoms with E-state index in [1.165, 1.54) is 12.1 Å². The Kier molecular flexibility index (Phi) is 7.80. The van der Waals surface area contributed by atoms with Crippen molar-refractivity contribution in [1.82, 2.24) is 4.90 Å². The smallest absolute Gasteiger partial charge is 0.410 e. The molecule has 0 aliphatic rings. The first kappa shape index (κ1) is 23.2. The van der Waals surface area contributed by atoms with Crippen molar-refractivity contribution in [1.29, 1.82) is 0 Å². The molecular formula is C23H31NO6. The van der Waals surface area contributed by atoms with Crippen LogP contribution in [0.4, 0.5) is 4.79 Å². The zero-order chi connectivity index (χ0) is 22.3. The van der Waals surface area contributed by atoms with Crippen LogP contribution in [0, 0.1) is 0 Å². The minimum Gasteiger partial charge on any atom is -0.508 e. The van der Waals surface area contributed by atoms with E-state index in [9.17, 15) is 15.0 Å². The third-order valence-electron chi connectivity index (χ3n) is 4.31. The predicted octanol–water partition coefficient (Wildman–Crippen LogP) is 4.57. The summed E-state index contributed by atoms with van der Waals surface area (Å²) < 4.78 is 17.0. The number of hydrogen-bond donors (Lipinski definition) is 2. The number of rotatable bonds is 8.